The van der Waals surface area contributed by atoms with Gasteiger partial charge in [0.1, 0.15) is 5.82 Å². The second kappa shape index (κ2) is 6.13. The first-order chi connectivity index (χ1) is 10.2. The normalized spacial score (nSPS) is 23.0. The molecule has 1 aliphatic carbocycles. The molecule has 1 unspecified atom stereocenters. The minimum Gasteiger partial charge on any atom is -0.409 e. The maximum absolute atomic E-state index is 9.08. The molecule has 3 N–H and O–H groups in total. The Hall–Kier alpha value is -1.43. The highest BCUT2D eigenvalue weighted by Crippen LogP contribution is 2.29. The lowest BCUT2D eigenvalue weighted by Crippen LogP contribution is -2.39. The average molecular weight is 306 g/mol. The zero-order valence-electron chi connectivity index (χ0n) is 12.4. The maximum atomic E-state index is 9.08. The van der Waals surface area contributed by atoms with Crippen molar-refractivity contribution < 1.29 is 5.21 Å². The van der Waals surface area contributed by atoms with Crippen molar-refractivity contribution in [2.24, 2.45) is 10.9 Å². The quantitative estimate of drug-likeness (QED) is 0.378. The lowest BCUT2D eigenvalue weighted by atomic mass is 9.94. The predicted molar refractivity (Wildman–Crippen MR) is 87.5 cm³/mol. The van der Waals surface area contributed by atoms with Gasteiger partial charge in [-0.25, -0.2) is 4.98 Å². The van der Waals surface area contributed by atoms with E-state index in [-0.39, 0.29) is 5.84 Å². The van der Waals surface area contributed by atoms with Crippen LogP contribution in [0.1, 0.15) is 36.6 Å². The molecule has 1 atom stereocenters. The van der Waals surface area contributed by atoms with Gasteiger partial charge in [-0.1, -0.05) is 12.1 Å². The smallest absolute Gasteiger partial charge is 0.173 e. The molecule has 114 valence electrons. The lowest BCUT2D eigenvalue weighted by Gasteiger charge is -2.33. The first kappa shape index (κ1) is 14.5. The summed E-state index contributed by atoms with van der Waals surface area (Å²) in [6.45, 7) is 4.16. The molecule has 1 aliphatic heterocycles. The Morgan fingerprint density at radius 3 is 3.05 bits per heavy atom. The van der Waals surface area contributed by atoms with E-state index >= 15 is 0 Å². The molecule has 21 heavy (non-hydrogen) atoms. The molecule has 0 aromatic carbocycles. The van der Waals surface area contributed by atoms with Crippen LogP contribution in [-0.4, -0.2) is 40.1 Å². The number of rotatable bonds is 2. The number of hydrogen-bond donors (Lipinski definition) is 2. The third-order valence-corrected chi connectivity index (χ3v) is 5.34. The molecule has 1 aromatic heterocycles. The van der Waals surface area contributed by atoms with E-state index in [1.165, 1.54) is 24.1 Å². The van der Waals surface area contributed by atoms with Crippen molar-refractivity contribution in [2.45, 2.75) is 37.9 Å². The number of fused-ring (bicyclic) bond motifs is 1. The van der Waals surface area contributed by atoms with Gasteiger partial charge in [0.25, 0.3) is 0 Å². The van der Waals surface area contributed by atoms with Crippen molar-refractivity contribution >= 4 is 23.4 Å². The third-order valence-electron chi connectivity index (χ3n) is 4.20. The summed E-state index contributed by atoms with van der Waals surface area (Å²) in [7, 11) is 0. The predicted octanol–water partition coefficient (Wildman–Crippen LogP) is 2.00. The van der Waals surface area contributed by atoms with Crippen LogP contribution in [0.15, 0.2) is 11.2 Å². The van der Waals surface area contributed by atoms with Gasteiger partial charge < -0.3 is 15.8 Å². The van der Waals surface area contributed by atoms with Crippen molar-refractivity contribution in [1.82, 2.24) is 4.98 Å². The molecule has 3 rings (SSSR count). The average Bonchev–Trinajstić information content (AvgIpc) is 2.53. The molecular formula is C15H22N4OS. The first-order valence-corrected chi connectivity index (χ1v) is 8.61. The van der Waals surface area contributed by atoms with Gasteiger partial charge in [-0.2, -0.15) is 11.8 Å². The van der Waals surface area contributed by atoms with E-state index in [1.54, 1.807) is 0 Å². The van der Waals surface area contributed by atoms with Crippen LogP contribution in [0.25, 0.3) is 0 Å². The highest BCUT2D eigenvalue weighted by Gasteiger charge is 2.24. The Balaban J connectivity index is 2.03. The number of nitrogens with two attached hydrogens (primary N) is 1. The van der Waals surface area contributed by atoms with Crippen LogP contribution in [0.4, 0.5) is 5.82 Å². The zero-order valence-corrected chi connectivity index (χ0v) is 13.2. The van der Waals surface area contributed by atoms with Crippen LogP contribution in [0.2, 0.25) is 0 Å². The van der Waals surface area contributed by atoms with Crippen LogP contribution in [0, 0.1) is 0 Å². The first-order valence-electron chi connectivity index (χ1n) is 7.56. The molecule has 6 heteroatoms. The Morgan fingerprint density at radius 1 is 1.48 bits per heavy atom. The fraction of sp³-hybridized carbons (Fsp3) is 0.600. The zero-order chi connectivity index (χ0) is 14.8. The second-order valence-electron chi connectivity index (χ2n) is 5.79. The Labute approximate surface area is 129 Å². The van der Waals surface area contributed by atoms with Gasteiger partial charge in [0.05, 0.1) is 5.56 Å². The standard InChI is InChI=1S/C15H22N4OS/c1-10-9-19(6-7-21-10)15-12(14(16)18-20)8-11-4-2-3-5-13(11)17-15/h8,10,20H,2-7,9H2,1H3,(H2,16,18). The van der Waals surface area contributed by atoms with Crippen LogP contribution in [0.5, 0.6) is 0 Å². The number of oxime groups is 1. The monoisotopic (exact) mass is 306 g/mol. The Bertz CT molecular complexity index is 561. The van der Waals surface area contributed by atoms with Crippen molar-refractivity contribution in [3.05, 3.63) is 22.9 Å². The molecule has 2 aliphatic rings. The highest BCUT2D eigenvalue weighted by atomic mass is 32.2. The van der Waals surface area contributed by atoms with Gasteiger partial charge in [0, 0.05) is 29.8 Å². The van der Waals surface area contributed by atoms with Gasteiger partial charge >= 0.3 is 0 Å². The molecular weight excluding hydrogens is 284 g/mol. The second-order valence-corrected chi connectivity index (χ2v) is 7.33. The summed E-state index contributed by atoms with van der Waals surface area (Å²) in [4.78, 5) is 7.17. The summed E-state index contributed by atoms with van der Waals surface area (Å²) >= 11 is 1.98. The molecule has 0 saturated carbocycles. The molecule has 1 aromatic rings. The number of thioether (sulfide) groups is 1. The fourth-order valence-electron chi connectivity index (χ4n) is 3.12. The van der Waals surface area contributed by atoms with E-state index in [0.717, 1.165) is 43.1 Å². The molecule has 1 saturated heterocycles. The van der Waals surface area contributed by atoms with Crippen molar-refractivity contribution in [3.63, 3.8) is 0 Å². The fourth-order valence-corrected chi connectivity index (χ4v) is 4.13. The number of aryl methyl sites for hydroxylation is 2. The number of amidine groups is 1. The number of nitrogens with zero attached hydrogens (tertiary/aromatic N) is 3. The largest absolute Gasteiger partial charge is 0.409 e. The minimum atomic E-state index is 0.164. The van der Waals surface area contributed by atoms with E-state index in [2.05, 4.69) is 23.0 Å². The summed E-state index contributed by atoms with van der Waals surface area (Å²) in [5.74, 6) is 2.14. The van der Waals surface area contributed by atoms with E-state index in [4.69, 9.17) is 15.9 Å². The van der Waals surface area contributed by atoms with Crippen LogP contribution in [-0.2, 0) is 12.8 Å². The van der Waals surface area contributed by atoms with E-state index in [0.29, 0.717) is 5.25 Å². The summed E-state index contributed by atoms with van der Waals surface area (Å²) < 4.78 is 0. The van der Waals surface area contributed by atoms with Crippen molar-refractivity contribution in [3.8, 4) is 0 Å². The van der Waals surface area contributed by atoms with Gasteiger partial charge in [0.2, 0.25) is 0 Å². The number of pyridine rings is 1. The van der Waals surface area contributed by atoms with Gasteiger partial charge in [-0.05, 0) is 37.3 Å². The van der Waals surface area contributed by atoms with Crippen molar-refractivity contribution in [1.29, 1.82) is 0 Å². The van der Waals surface area contributed by atoms with Crippen molar-refractivity contribution in [2.75, 3.05) is 23.7 Å². The van der Waals surface area contributed by atoms with E-state index in [1.807, 2.05) is 11.8 Å². The number of aromatic nitrogens is 1. The summed E-state index contributed by atoms with van der Waals surface area (Å²) in [6.07, 6.45) is 4.48. The van der Waals surface area contributed by atoms with Crippen LogP contribution >= 0.6 is 11.8 Å². The maximum Gasteiger partial charge on any atom is 0.173 e. The van der Waals surface area contributed by atoms with E-state index < -0.39 is 0 Å². The third kappa shape index (κ3) is 2.95. The Morgan fingerprint density at radius 2 is 2.29 bits per heavy atom. The lowest BCUT2D eigenvalue weighted by molar-refractivity contribution is 0.318. The van der Waals surface area contributed by atoms with Crippen LogP contribution in [0.3, 0.4) is 0 Å². The van der Waals surface area contributed by atoms with Gasteiger partial charge in [0.15, 0.2) is 5.84 Å². The summed E-state index contributed by atoms with van der Waals surface area (Å²) in [5, 5.41) is 12.9. The molecule has 5 nitrogen and oxygen atoms in total. The molecule has 0 bridgehead atoms. The molecule has 2 heterocycles. The summed E-state index contributed by atoms with van der Waals surface area (Å²) in [6, 6.07) is 2.08. The molecule has 0 spiro atoms. The topological polar surface area (TPSA) is 74.7 Å². The molecule has 0 amide bonds. The number of hydrogen-bond acceptors (Lipinski definition) is 5. The number of anilines is 1. The van der Waals surface area contributed by atoms with Gasteiger partial charge in [-0.3, -0.25) is 0 Å². The molecule has 0 radical (unpaired) electrons. The summed E-state index contributed by atoms with van der Waals surface area (Å²) in [5.41, 5.74) is 9.12. The Kier molecular flexibility index (Phi) is 4.24. The molecule has 1 fully saturated rings. The minimum absolute atomic E-state index is 0.164. The SMILES string of the molecule is CC1CN(c2nc3c(cc2C(N)=NO)CCCC3)CCS1. The van der Waals surface area contributed by atoms with Gasteiger partial charge in [-0.15, -0.1) is 0 Å². The van der Waals surface area contributed by atoms with E-state index in [9.17, 15) is 0 Å². The highest BCUT2D eigenvalue weighted by molar-refractivity contribution is 8.00. The van der Waals surface area contributed by atoms with Crippen LogP contribution < -0.4 is 10.6 Å².